The number of pyridine rings is 1. The smallest absolute Gasteiger partial charge is 0.144 e. The first-order valence-corrected chi connectivity index (χ1v) is 3.95. The van der Waals surface area contributed by atoms with Crippen LogP contribution < -0.4 is 5.73 Å². The third kappa shape index (κ3) is 1.55. The lowest BCUT2D eigenvalue weighted by Gasteiger charge is -2.09. The molecule has 0 aliphatic carbocycles. The van der Waals surface area contributed by atoms with Crippen LogP contribution in [0, 0.1) is 12.7 Å². The highest BCUT2D eigenvalue weighted by Crippen LogP contribution is 2.21. The minimum Gasteiger partial charge on any atom is -0.383 e. The summed E-state index contributed by atoms with van der Waals surface area (Å²) in [6.07, 6.45) is 0. The lowest BCUT2D eigenvalue weighted by atomic mass is 10.0. The van der Waals surface area contributed by atoms with Crippen LogP contribution in [0.15, 0.2) is 6.07 Å². The molecule has 0 bridgehead atoms. The van der Waals surface area contributed by atoms with Gasteiger partial charge < -0.3 is 5.73 Å². The number of aromatic nitrogens is 1. The maximum Gasteiger partial charge on any atom is 0.144 e. The van der Waals surface area contributed by atoms with Crippen LogP contribution in [-0.4, -0.2) is 4.98 Å². The maximum atomic E-state index is 13.0. The molecule has 0 amide bonds. The first kappa shape index (κ1) is 8.97. The number of hydrogen-bond donors (Lipinski definition) is 1. The van der Waals surface area contributed by atoms with Crippen LogP contribution >= 0.6 is 0 Å². The molecule has 1 rings (SSSR count). The molecule has 1 heterocycles. The molecule has 0 radical (unpaired) electrons. The van der Waals surface area contributed by atoms with Crippen LogP contribution in [0.1, 0.15) is 31.0 Å². The van der Waals surface area contributed by atoms with E-state index < -0.39 is 0 Å². The van der Waals surface area contributed by atoms with Crippen molar-refractivity contribution in [3.63, 3.8) is 0 Å². The quantitative estimate of drug-likeness (QED) is 0.698. The van der Waals surface area contributed by atoms with E-state index in [-0.39, 0.29) is 11.7 Å². The summed E-state index contributed by atoms with van der Waals surface area (Å²) in [4.78, 5) is 3.90. The predicted octanol–water partition coefficient (Wildman–Crippen LogP) is 2.23. The van der Waals surface area contributed by atoms with E-state index in [0.29, 0.717) is 11.5 Å². The molecule has 12 heavy (non-hydrogen) atoms. The Labute approximate surface area is 71.6 Å². The van der Waals surface area contributed by atoms with Crippen molar-refractivity contribution in [3.05, 3.63) is 23.1 Å². The summed E-state index contributed by atoms with van der Waals surface area (Å²) >= 11 is 0. The van der Waals surface area contributed by atoms with E-state index in [1.54, 1.807) is 6.92 Å². The molecule has 0 atom stereocenters. The number of aryl methyl sites for hydroxylation is 1. The molecule has 1 aromatic heterocycles. The minimum absolute atomic E-state index is 0.215. The summed E-state index contributed by atoms with van der Waals surface area (Å²) in [5.41, 5.74) is 6.75. The van der Waals surface area contributed by atoms with E-state index in [1.165, 1.54) is 6.07 Å². The molecule has 2 nitrogen and oxygen atoms in total. The largest absolute Gasteiger partial charge is 0.383 e. The lowest BCUT2D eigenvalue weighted by Crippen LogP contribution is -2.02. The van der Waals surface area contributed by atoms with Gasteiger partial charge in [0.2, 0.25) is 0 Å². The monoisotopic (exact) mass is 168 g/mol. The van der Waals surface area contributed by atoms with E-state index in [9.17, 15) is 4.39 Å². The number of nitrogens with two attached hydrogens (primary N) is 1. The van der Waals surface area contributed by atoms with Gasteiger partial charge in [0.1, 0.15) is 11.6 Å². The van der Waals surface area contributed by atoms with Crippen LogP contribution in [0.25, 0.3) is 0 Å². The highest BCUT2D eigenvalue weighted by atomic mass is 19.1. The van der Waals surface area contributed by atoms with Gasteiger partial charge in [0.15, 0.2) is 0 Å². The molecule has 0 aromatic carbocycles. The van der Waals surface area contributed by atoms with Gasteiger partial charge in [0, 0.05) is 0 Å². The zero-order valence-corrected chi connectivity index (χ0v) is 7.56. The Kier molecular flexibility index (Phi) is 2.31. The Morgan fingerprint density at radius 2 is 2.08 bits per heavy atom. The number of halogens is 1. The highest BCUT2D eigenvalue weighted by Gasteiger charge is 2.08. The molecule has 66 valence electrons. The summed E-state index contributed by atoms with van der Waals surface area (Å²) in [5.74, 6) is 0.365. The molecule has 0 aliphatic rings. The predicted molar refractivity (Wildman–Crippen MR) is 47.4 cm³/mol. The summed E-state index contributed by atoms with van der Waals surface area (Å²) in [6.45, 7) is 5.53. The average Bonchev–Trinajstić information content (AvgIpc) is 1.96. The molecular formula is C9H13FN2. The van der Waals surface area contributed by atoms with Crippen molar-refractivity contribution < 1.29 is 4.39 Å². The zero-order valence-electron chi connectivity index (χ0n) is 7.56. The van der Waals surface area contributed by atoms with Crippen molar-refractivity contribution in [2.45, 2.75) is 26.7 Å². The van der Waals surface area contributed by atoms with Gasteiger partial charge in [0.05, 0.1) is 5.69 Å². The van der Waals surface area contributed by atoms with Crippen molar-refractivity contribution in [1.82, 2.24) is 4.98 Å². The Bertz CT molecular complexity index is 295. The summed E-state index contributed by atoms with van der Waals surface area (Å²) in [5, 5.41) is 0. The van der Waals surface area contributed by atoms with E-state index in [1.807, 2.05) is 13.8 Å². The molecule has 0 spiro atoms. The van der Waals surface area contributed by atoms with Crippen molar-refractivity contribution in [3.8, 4) is 0 Å². The molecule has 3 heteroatoms. The summed E-state index contributed by atoms with van der Waals surface area (Å²) in [6, 6.07) is 1.46. The molecule has 0 fully saturated rings. The van der Waals surface area contributed by atoms with Gasteiger partial charge in [-0.1, -0.05) is 13.8 Å². The van der Waals surface area contributed by atoms with Gasteiger partial charge in [-0.25, -0.2) is 9.37 Å². The molecule has 0 aliphatic heterocycles. The number of anilines is 1. The fourth-order valence-electron chi connectivity index (χ4n) is 1.08. The maximum absolute atomic E-state index is 13.0. The van der Waals surface area contributed by atoms with Crippen molar-refractivity contribution in [2.75, 3.05) is 5.73 Å². The standard InChI is InChI=1S/C9H13FN2/c1-5(2)7-4-8(10)6(3)12-9(7)11/h4-5H,1-3H3,(H2,11,12). The number of nitrogen functional groups attached to an aromatic ring is 1. The van der Waals surface area contributed by atoms with Crippen LogP contribution in [0.2, 0.25) is 0 Å². The fourth-order valence-corrected chi connectivity index (χ4v) is 1.08. The first-order chi connectivity index (χ1) is 5.52. The zero-order chi connectivity index (χ0) is 9.30. The number of nitrogens with zero attached hydrogens (tertiary/aromatic N) is 1. The summed E-state index contributed by atoms with van der Waals surface area (Å²) in [7, 11) is 0. The van der Waals surface area contributed by atoms with Crippen LogP contribution in [0.4, 0.5) is 10.2 Å². The normalized spacial score (nSPS) is 10.8. The van der Waals surface area contributed by atoms with Gasteiger partial charge in [-0.3, -0.25) is 0 Å². The Balaban J connectivity index is 3.23. The van der Waals surface area contributed by atoms with E-state index in [2.05, 4.69) is 4.98 Å². The van der Waals surface area contributed by atoms with Crippen LogP contribution in [0.5, 0.6) is 0 Å². The van der Waals surface area contributed by atoms with Gasteiger partial charge in [-0.05, 0) is 24.5 Å². The van der Waals surface area contributed by atoms with E-state index >= 15 is 0 Å². The van der Waals surface area contributed by atoms with E-state index in [4.69, 9.17) is 5.73 Å². The van der Waals surface area contributed by atoms with Crippen molar-refractivity contribution in [2.24, 2.45) is 0 Å². The third-order valence-corrected chi connectivity index (χ3v) is 1.83. The molecule has 0 saturated carbocycles. The fraction of sp³-hybridized carbons (Fsp3) is 0.444. The minimum atomic E-state index is -0.284. The second-order valence-corrected chi connectivity index (χ2v) is 3.18. The Morgan fingerprint density at radius 3 is 2.58 bits per heavy atom. The molecule has 1 aromatic rings. The average molecular weight is 168 g/mol. The Morgan fingerprint density at radius 1 is 1.50 bits per heavy atom. The number of hydrogen-bond acceptors (Lipinski definition) is 2. The lowest BCUT2D eigenvalue weighted by molar-refractivity contribution is 0.605. The molecular weight excluding hydrogens is 155 g/mol. The SMILES string of the molecule is Cc1nc(N)c(C(C)C)cc1F. The second-order valence-electron chi connectivity index (χ2n) is 3.18. The third-order valence-electron chi connectivity index (χ3n) is 1.83. The van der Waals surface area contributed by atoms with Crippen molar-refractivity contribution in [1.29, 1.82) is 0 Å². The van der Waals surface area contributed by atoms with Crippen molar-refractivity contribution >= 4 is 5.82 Å². The molecule has 0 unspecified atom stereocenters. The Hall–Kier alpha value is -1.12. The van der Waals surface area contributed by atoms with Gasteiger partial charge in [-0.2, -0.15) is 0 Å². The van der Waals surface area contributed by atoms with Crippen LogP contribution in [0.3, 0.4) is 0 Å². The number of rotatable bonds is 1. The molecule has 0 saturated heterocycles. The second kappa shape index (κ2) is 3.09. The summed E-state index contributed by atoms with van der Waals surface area (Å²) < 4.78 is 13.0. The van der Waals surface area contributed by atoms with Gasteiger partial charge >= 0.3 is 0 Å². The topological polar surface area (TPSA) is 38.9 Å². The molecule has 2 N–H and O–H groups in total. The van der Waals surface area contributed by atoms with Gasteiger partial charge in [-0.15, -0.1) is 0 Å². The highest BCUT2D eigenvalue weighted by molar-refractivity contribution is 5.42. The first-order valence-electron chi connectivity index (χ1n) is 3.95. The van der Waals surface area contributed by atoms with Crippen LogP contribution in [-0.2, 0) is 0 Å². The van der Waals surface area contributed by atoms with E-state index in [0.717, 1.165) is 5.56 Å². The van der Waals surface area contributed by atoms with Gasteiger partial charge in [0.25, 0.3) is 0 Å².